The van der Waals surface area contributed by atoms with Crippen LogP contribution in [0.25, 0.3) is 6.08 Å². The van der Waals surface area contributed by atoms with Crippen LogP contribution in [0.1, 0.15) is 20.3 Å². The molecular weight excluding hydrogens is 162 g/mol. The third-order valence-electron chi connectivity index (χ3n) is 1.45. The molecule has 0 radical (unpaired) electrons. The molecule has 0 spiro atoms. The van der Waals surface area contributed by atoms with E-state index < -0.39 is 0 Å². The molecule has 0 saturated carbocycles. The number of hydrogen-bond acceptors (Lipinski definition) is 1. The Labute approximate surface area is 77.6 Å². The Kier molecular flexibility index (Phi) is 3.38. The average Bonchev–Trinajstić information content (AvgIpc) is 2.45. The minimum absolute atomic E-state index is 0.152. The molecule has 1 aliphatic rings. The summed E-state index contributed by atoms with van der Waals surface area (Å²) in [6, 6.07) is 7.47. The van der Waals surface area contributed by atoms with Crippen LogP contribution in [-0.4, -0.2) is 5.91 Å². The van der Waals surface area contributed by atoms with Gasteiger partial charge in [-0.3, -0.25) is 4.79 Å². The molecular formula is C11H13NO. The van der Waals surface area contributed by atoms with Crippen molar-refractivity contribution in [1.82, 2.24) is 0 Å². The normalized spacial score (nSPS) is 12.0. The number of nitrogens with zero attached hydrogens (tertiary/aromatic N) is 1. The maximum absolute atomic E-state index is 10.7. The first-order chi connectivity index (χ1) is 6.27. The van der Waals surface area contributed by atoms with Gasteiger partial charge in [0.05, 0.1) is 5.36 Å². The van der Waals surface area contributed by atoms with Gasteiger partial charge in [-0.15, -0.1) is 0 Å². The molecule has 0 unspecified atom stereocenters. The SMILES string of the molecule is CCC.O=C1C=c2ccccc2=N1. The highest BCUT2D eigenvalue weighted by Crippen LogP contribution is 1.81. The molecule has 1 aliphatic heterocycles. The fraction of sp³-hybridized carbons (Fsp3) is 0.273. The Morgan fingerprint density at radius 3 is 2.46 bits per heavy atom. The van der Waals surface area contributed by atoms with Gasteiger partial charge in [0.1, 0.15) is 0 Å². The summed E-state index contributed by atoms with van der Waals surface area (Å²) in [6.45, 7) is 4.25. The highest BCUT2D eigenvalue weighted by atomic mass is 16.1. The Morgan fingerprint density at radius 1 is 1.23 bits per heavy atom. The summed E-state index contributed by atoms with van der Waals surface area (Å²) in [4.78, 5) is 14.4. The van der Waals surface area contributed by atoms with Crippen molar-refractivity contribution in [2.75, 3.05) is 0 Å². The average molecular weight is 175 g/mol. The molecule has 0 aliphatic carbocycles. The van der Waals surface area contributed by atoms with Gasteiger partial charge in [-0.25, -0.2) is 4.99 Å². The first-order valence-electron chi connectivity index (χ1n) is 4.47. The van der Waals surface area contributed by atoms with Gasteiger partial charge in [0.25, 0.3) is 5.91 Å². The number of rotatable bonds is 0. The summed E-state index contributed by atoms with van der Waals surface area (Å²) in [5.74, 6) is -0.152. The van der Waals surface area contributed by atoms with Crippen molar-refractivity contribution >= 4 is 12.0 Å². The third-order valence-corrected chi connectivity index (χ3v) is 1.45. The van der Waals surface area contributed by atoms with Gasteiger partial charge >= 0.3 is 0 Å². The van der Waals surface area contributed by atoms with Crippen LogP contribution in [-0.2, 0) is 4.79 Å². The summed E-state index contributed by atoms with van der Waals surface area (Å²) in [5.41, 5.74) is 0. The number of amides is 1. The zero-order chi connectivity index (χ0) is 9.68. The van der Waals surface area contributed by atoms with Crippen LogP contribution in [0.3, 0.4) is 0 Å². The van der Waals surface area contributed by atoms with E-state index in [1.165, 1.54) is 12.5 Å². The Balaban J connectivity index is 0.000000251. The van der Waals surface area contributed by atoms with Crippen LogP contribution < -0.4 is 10.6 Å². The van der Waals surface area contributed by atoms with Crippen molar-refractivity contribution in [1.29, 1.82) is 0 Å². The molecule has 0 fully saturated rings. The minimum Gasteiger partial charge on any atom is -0.267 e. The van der Waals surface area contributed by atoms with Crippen molar-refractivity contribution in [3.05, 3.63) is 34.8 Å². The fourth-order valence-electron chi connectivity index (χ4n) is 0.995. The van der Waals surface area contributed by atoms with Crippen LogP contribution in [0.5, 0.6) is 0 Å². The lowest BCUT2D eigenvalue weighted by molar-refractivity contribution is -0.112. The molecule has 0 saturated heterocycles. The molecule has 1 aromatic carbocycles. The predicted molar refractivity (Wildman–Crippen MR) is 52.7 cm³/mol. The van der Waals surface area contributed by atoms with Crippen molar-refractivity contribution in [2.45, 2.75) is 20.3 Å². The molecule has 2 nitrogen and oxygen atoms in total. The van der Waals surface area contributed by atoms with Gasteiger partial charge in [-0.2, -0.15) is 0 Å². The lowest BCUT2D eigenvalue weighted by atomic mass is 10.3. The summed E-state index contributed by atoms with van der Waals surface area (Å²) in [5, 5.41) is 1.71. The number of para-hydroxylation sites is 1. The van der Waals surface area contributed by atoms with Crippen molar-refractivity contribution in [3.8, 4) is 0 Å². The summed E-state index contributed by atoms with van der Waals surface area (Å²) >= 11 is 0. The van der Waals surface area contributed by atoms with E-state index in [9.17, 15) is 4.79 Å². The number of fused-ring (bicyclic) bond motifs is 1. The molecule has 13 heavy (non-hydrogen) atoms. The highest BCUT2D eigenvalue weighted by molar-refractivity contribution is 6.06. The van der Waals surface area contributed by atoms with Gasteiger partial charge < -0.3 is 0 Å². The first kappa shape index (κ1) is 9.65. The van der Waals surface area contributed by atoms with E-state index in [4.69, 9.17) is 0 Å². The van der Waals surface area contributed by atoms with E-state index in [-0.39, 0.29) is 5.91 Å². The van der Waals surface area contributed by atoms with Crippen LogP contribution in [0.2, 0.25) is 0 Å². The van der Waals surface area contributed by atoms with Gasteiger partial charge in [0.2, 0.25) is 0 Å². The molecule has 0 aromatic heterocycles. The molecule has 2 rings (SSSR count). The van der Waals surface area contributed by atoms with E-state index in [0.29, 0.717) is 0 Å². The van der Waals surface area contributed by atoms with Crippen molar-refractivity contribution in [3.63, 3.8) is 0 Å². The largest absolute Gasteiger partial charge is 0.270 e. The van der Waals surface area contributed by atoms with Gasteiger partial charge in [-0.05, 0) is 6.07 Å². The zero-order valence-corrected chi connectivity index (χ0v) is 7.95. The topological polar surface area (TPSA) is 29.4 Å². The highest BCUT2D eigenvalue weighted by Gasteiger charge is 1.99. The Morgan fingerprint density at radius 2 is 1.85 bits per heavy atom. The second-order valence-electron chi connectivity index (χ2n) is 2.86. The molecule has 2 heteroatoms. The van der Waals surface area contributed by atoms with Crippen LogP contribution in [0.4, 0.5) is 0 Å². The van der Waals surface area contributed by atoms with E-state index >= 15 is 0 Å². The van der Waals surface area contributed by atoms with Gasteiger partial charge in [-0.1, -0.05) is 38.5 Å². The minimum atomic E-state index is -0.152. The number of hydrogen-bond donors (Lipinski definition) is 0. The van der Waals surface area contributed by atoms with Crippen molar-refractivity contribution in [2.24, 2.45) is 4.99 Å². The number of carbonyl (C=O) groups excluding carboxylic acids is 1. The maximum Gasteiger partial charge on any atom is 0.270 e. The predicted octanol–water partition coefficient (Wildman–Crippen LogP) is 1.04. The van der Waals surface area contributed by atoms with E-state index in [1.807, 2.05) is 24.3 Å². The quantitative estimate of drug-likeness (QED) is 0.579. The Bertz CT molecular complexity index is 369. The standard InChI is InChI=1S/C8H5NO.C3H8/c10-8-5-6-3-1-2-4-7(6)9-8;1-3-2/h1-5H;3H2,1-2H3. The van der Waals surface area contributed by atoms with Gasteiger partial charge in [0, 0.05) is 11.3 Å². The number of carbonyl (C=O) groups is 1. The van der Waals surface area contributed by atoms with Crippen molar-refractivity contribution < 1.29 is 4.79 Å². The smallest absolute Gasteiger partial charge is 0.267 e. The molecule has 1 heterocycles. The van der Waals surface area contributed by atoms with Crippen LogP contribution >= 0.6 is 0 Å². The summed E-state index contributed by atoms with van der Waals surface area (Å²) < 4.78 is 0. The zero-order valence-electron chi connectivity index (χ0n) is 7.95. The summed E-state index contributed by atoms with van der Waals surface area (Å²) in [6.07, 6.45) is 2.79. The molecule has 68 valence electrons. The molecule has 0 bridgehead atoms. The molecule has 1 amide bonds. The molecule has 0 N–H and O–H groups in total. The lowest BCUT2D eigenvalue weighted by Crippen LogP contribution is -2.19. The molecule has 0 atom stereocenters. The third kappa shape index (κ3) is 2.51. The molecule has 1 aromatic rings. The van der Waals surface area contributed by atoms with E-state index in [1.54, 1.807) is 0 Å². The second kappa shape index (κ2) is 4.55. The van der Waals surface area contributed by atoms with Gasteiger partial charge in [0.15, 0.2) is 0 Å². The number of benzene rings is 1. The van der Waals surface area contributed by atoms with E-state index in [2.05, 4.69) is 18.8 Å². The first-order valence-corrected chi connectivity index (χ1v) is 4.47. The van der Waals surface area contributed by atoms with Crippen LogP contribution in [0, 0.1) is 0 Å². The monoisotopic (exact) mass is 175 g/mol. The maximum atomic E-state index is 10.7. The fourth-order valence-corrected chi connectivity index (χ4v) is 0.995. The summed E-state index contributed by atoms with van der Waals surface area (Å²) in [7, 11) is 0. The second-order valence-corrected chi connectivity index (χ2v) is 2.86. The lowest BCUT2D eigenvalue weighted by Gasteiger charge is -1.77. The van der Waals surface area contributed by atoms with Crippen LogP contribution in [0.15, 0.2) is 29.3 Å². The van der Waals surface area contributed by atoms with E-state index in [0.717, 1.165) is 10.6 Å². The Hall–Kier alpha value is -1.44.